The lowest BCUT2D eigenvalue weighted by Gasteiger charge is -2.26. The van der Waals surface area contributed by atoms with E-state index in [1.807, 2.05) is 43.3 Å². The molecule has 0 aromatic heterocycles. The fourth-order valence-corrected chi connectivity index (χ4v) is 3.25. The highest BCUT2D eigenvalue weighted by molar-refractivity contribution is 6.30. The largest absolute Gasteiger partial charge is 0.379 e. The van der Waals surface area contributed by atoms with E-state index in [-0.39, 0.29) is 18.5 Å². The molecule has 1 aliphatic heterocycles. The van der Waals surface area contributed by atoms with Crippen molar-refractivity contribution in [2.75, 3.05) is 38.2 Å². The van der Waals surface area contributed by atoms with E-state index in [1.165, 1.54) is 5.56 Å². The van der Waals surface area contributed by atoms with Crippen LogP contribution in [0.3, 0.4) is 0 Å². The molecular weight excluding hydrogens is 362 g/mol. The first kappa shape index (κ1) is 19.8. The number of anilines is 1. The second kappa shape index (κ2) is 9.85. The average Bonchev–Trinajstić information content (AvgIpc) is 2.68. The lowest BCUT2D eigenvalue weighted by atomic mass is 10.1. The number of hydrogen-bond donors (Lipinski definition) is 2. The van der Waals surface area contributed by atoms with Crippen molar-refractivity contribution in [1.82, 2.24) is 10.2 Å². The molecule has 3 rings (SSSR count). The number of hydrogen-bond acceptors (Lipinski definition) is 4. The van der Waals surface area contributed by atoms with Gasteiger partial charge < -0.3 is 15.4 Å². The van der Waals surface area contributed by atoms with Gasteiger partial charge in [0.1, 0.15) is 0 Å². The minimum atomic E-state index is -0.0650. The number of ether oxygens (including phenoxy) is 1. The number of carbonyl (C=O) groups is 1. The zero-order chi connectivity index (χ0) is 19.1. The normalized spacial score (nSPS) is 16.1. The van der Waals surface area contributed by atoms with Crippen molar-refractivity contribution in [2.45, 2.75) is 19.5 Å². The van der Waals surface area contributed by atoms with Gasteiger partial charge in [0, 0.05) is 36.4 Å². The molecule has 1 heterocycles. The summed E-state index contributed by atoms with van der Waals surface area (Å²) in [6.45, 7) is 6.70. The van der Waals surface area contributed by atoms with E-state index in [0.29, 0.717) is 5.02 Å². The van der Waals surface area contributed by atoms with Crippen molar-refractivity contribution >= 4 is 23.2 Å². The number of nitrogens with one attached hydrogen (secondary N) is 2. The minimum Gasteiger partial charge on any atom is -0.379 e. The molecule has 0 aliphatic carbocycles. The number of carbonyl (C=O) groups excluding carboxylic acids is 1. The van der Waals surface area contributed by atoms with Gasteiger partial charge in [-0.25, -0.2) is 0 Å². The van der Waals surface area contributed by atoms with Crippen LogP contribution in [0.1, 0.15) is 24.1 Å². The Balaban J connectivity index is 1.44. The van der Waals surface area contributed by atoms with Crippen LogP contribution in [0.5, 0.6) is 0 Å². The summed E-state index contributed by atoms with van der Waals surface area (Å²) in [5.74, 6) is -0.0650. The van der Waals surface area contributed by atoms with Gasteiger partial charge in [0.2, 0.25) is 5.91 Å². The van der Waals surface area contributed by atoms with Crippen molar-refractivity contribution in [3.8, 4) is 0 Å². The summed E-state index contributed by atoms with van der Waals surface area (Å²) < 4.78 is 5.37. The van der Waals surface area contributed by atoms with Gasteiger partial charge in [-0.3, -0.25) is 9.69 Å². The van der Waals surface area contributed by atoms with Gasteiger partial charge in [-0.15, -0.1) is 0 Å². The molecule has 6 heteroatoms. The van der Waals surface area contributed by atoms with Crippen molar-refractivity contribution < 1.29 is 9.53 Å². The molecule has 1 fully saturated rings. The maximum Gasteiger partial charge on any atom is 0.238 e. The smallest absolute Gasteiger partial charge is 0.238 e. The van der Waals surface area contributed by atoms with Crippen LogP contribution in [0.4, 0.5) is 5.69 Å². The van der Waals surface area contributed by atoms with Gasteiger partial charge in [-0.05, 0) is 42.3 Å². The highest BCUT2D eigenvalue weighted by Gasteiger charge is 2.11. The topological polar surface area (TPSA) is 53.6 Å². The van der Waals surface area contributed by atoms with Crippen LogP contribution in [0.15, 0.2) is 48.5 Å². The van der Waals surface area contributed by atoms with Gasteiger partial charge in [-0.2, -0.15) is 0 Å². The fourth-order valence-electron chi connectivity index (χ4n) is 3.06. The maximum atomic E-state index is 12.2. The van der Waals surface area contributed by atoms with Crippen molar-refractivity contribution in [3.05, 3.63) is 64.7 Å². The van der Waals surface area contributed by atoms with Crippen LogP contribution in [0.2, 0.25) is 5.02 Å². The molecule has 0 spiro atoms. The quantitative estimate of drug-likeness (QED) is 0.763. The molecule has 0 radical (unpaired) electrons. The monoisotopic (exact) mass is 387 g/mol. The minimum absolute atomic E-state index is 0.0466. The lowest BCUT2D eigenvalue weighted by molar-refractivity contribution is -0.115. The zero-order valence-electron chi connectivity index (χ0n) is 15.6. The molecule has 1 atom stereocenters. The third-order valence-corrected chi connectivity index (χ3v) is 4.90. The third kappa shape index (κ3) is 6.33. The van der Waals surface area contributed by atoms with E-state index in [4.69, 9.17) is 16.3 Å². The second-order valence-corrected chi connectivity index (χ2v) is 7.23. The number of rotatable bonds is 7. The fraction of sp³-hybridized carbons (Fsp3) is 0.381. The molecule has 1 amide bonds. The molecule has 1 saturated heterocycles. The Morgan fingerprint density at radius 1 is 1.19 bits per heavy atom. The lowest BCUT2D eigenvalue weighted by Crippen LogP contribution is -2.35. The van der Waals surface area contributed by atoms with Gasteiger partial charge in [0.05, 0.1) is 19.8 Å². The Bertz CT molecular complexity index is 745. The predicted octanol–water partition coefficient (Wildman–Crippen LogP) is 3.46. The van der Waals surface area contributed by atoms with Crippen molar-refractivity contribution in [1.29, 1.82) is 0 Å². The maximum absolute atomic E-state index is 12.2. The summed E-state index contributed by atoms with van der Waals surface area (Å²) in [5.41, 5.74) is 3.10. The Hall–Kier alpha value is -1.92. The Labute approximate surface area is 165 Å². The highest BCUT2D eigenvalue weighted by Crippen LogP contribution is 2.17. The van der Waals surface area contributed by atoms with Crippen LogP contribution in [-0.4, -0.2) is 43.7 Å². The van der Waals surface area contributed by atoms with E-state index in [1.54, 1.807) is 0 Å². The Kier molecular flexibility index (Phi) is 7.24. The molecule has 0 bridgehead atoms. The first-order valence-corrected chi connectivity index (χ1v) is 9.66. The molecule has 2 aromatic rings. The molecule has 2 N–H and O–H groups in total. The standard InChI is InChI=1S/C21H26ClN3O2/c1-16(18-3-2-4-19(22)13-18)23-14-21(26)24-20-7-5-17(6-8-20)15-25-9-11-27-12-10-25/h2-8,13,16,23H,9-12,14-15H2,1H3,(H,24,26)/t16-/m0/s1. The summed E-state index contributed by atoms with van der Waals surface area (Å²) in [5, 5.41) is 6.85. The van der Waals surface area contributed by atoms with Crippen LogP contribution in [0, 0.1) is 0 Å². The van der Waals surface area contributed by atoms with Gasteiger partial charge >= 0.3 is 0 Å². The van der Waals surface area contributed by atoms with Crippen LogP contribution in [0.25, 0.3) is 0 Å². The van der Waals surface area contributed by atoms with Gasteiger partial charge in [0.15, 0.2) is 0 Å². The first-order valence-electron chi connectivity index (χ1n) is 9.28. The highest BCUT2D eigenvalue weighted by atomic mass is 35.5. The second-order valence-electron chi connectivity index (χ2n) is 6.79. The molecular formula is C21H26ClN3O2. The third-order valence-electron chi connectivity index (χ3n) is 4.67. The molecule has 1 aliphatic rings. The number of nitrogens with zero attached hydrogens (tertiary/aromatic N) is 1. The number of benzene rings is 2. The molecule has 5 nitrogen and oxygen atoms in total. The first-order chi connectivity index (χ1) is 13.1. The number of halogens is 1. The summed E-state index contributed by atoms with van der Waals surface area (Å²) >= 11 is 6.02. The van der Waals surface area contributed by atoms with E-state index < -0.39 is 0 Å². The molecule has 2 aromatic carbocycles. The van der Waals surface area contributed by atoms with E-state index in [2.05, 4.69) is 27.7 Å². The molecule has 27 heavy (non-hydrogen) atoms. The Morgan fingerprint density at radius 2 is 1.93 bits per heavy atom. The predicted molar refractivity (Wildman–Crippen MR) is 109 cm³/mol. The van der Waals surface area contributed by atoms with E-state index >= 15 is 0 Å². The van der Waals surface area contributed by atoms with E-state index in [0.717, 1.165) is 44.1 Å². The van der Waals surface area contributed by atoms with Gasteiger partial charge in [-0.1, -0.05) is 35.9 Å². The van der Waals surface area contributed by atoms with Crippen LogP contribution in [-0.2, 0) is 16.1 Å². The number of amides is 1. The van der Waals surface area contributed by atoms with Gasteiger partial charge in [0.25, 0.3) is 0 Å². The average molecular weight is 388 g/mol. The SMILES string of the molecule is C[C@H](NCC(=O)Nc1ccc(CN2CCOCC2)cc1)c1cccc(Cl)c1. The Morgan fingerprint density at radius 3 is 2.63 bits per heavy atom. The summed E-state index contributed by atoms with van der Waals surface area (Å²) in [6, 6.07) is 15.7. The van der Waals surface area contributed by atoms with E-state index in [9.17, 15) is 4.79 Å². The summed E-state index contributed by atoms with van der Waals surface area (Å²) in [7, 11) is 0. The van der Waals surface area contributed by atoms with Crippen LogP contribution >= 0.6 is 11.6 Å². The van der Waals surface area contributed by atoms with Crippen molar-refractivity contribution in [3.63, 3.8) is 0 Å². The number of morpholine rings is 1. The molecule has 0 saturated carbocycles. The summed E-state index contributed by atoms with van der Waals surface area (Å²) in [4.78, 5) is 14.6. The van der Waals surface area contributed by atoms with Crippen LogP contribution < -0.4 is 10.6 Å². The molecule has 144 valence electrons. The zero-order valence-corrected chi connectivity index (χ0v) is 16.3. The molecule has 0 unspecified atom stereocenters. The van der Waals surface area contributed by atoms with Crippen molar-refractivity contribution in [2.24, 2.45) is 0 Å². The summed E-state index contributed by atoms with van der Waals surface area (Å²) in [6.07, 6.45) is 0.